The van der Waals surface area contributed by atoms with Crippen molar-refractivity contribution in [2.75, 3.05) is 38.0 Å². The van der Waals surface area contributed by atoms with Crippen molar-refractivity contribution < 1.29 is 26.4 Å². The molecule has 0 atom stereocenters. The Kier molecular flexibility index (Phi) is 6.01. The molecule has 1 saturated heterocycles. The lowest BCUT2D eigenvalue weighted by atomic mass is 10.3. The molecule has 1 amide bonds. The lowest BCUT2D eigenvalue weighted by molar-refractivity contribution is -0.117. The van der Waals surface area contributed by atoms with Crippen LogP contribution in [0.25, 0.3) is 0 Å². The topological polar surface area (TPSA) is 69.7 Å². The van der Waals surface area contributed by atoms with Crippen LogP contribution in [-0.2, 0) is 14.8 Å². The van der Waals surface area contributed by atoms with Crippen LogP contribution in [0.5, 0.6) is 0 Å². The van der Waals surface area contributed by atoms with E-state index in [1.807, 2.05) is 0 Å². The Balaban J connectivity index is 1.55. The van der Waals surface area contributed by atoms with Crippen LogP contribution in [0.2, 0.25) is 0 Å². The van der Waals surface area contributed by atoms with Crippen LogP contribution >= 0.6 is 0 Å². The van der Waals surface area contributed by atoms with E-state index in [1.54, 1.807) is 4.90 Å². The van der Waals surface area contributed by atoms with Gasteiger partial charge in [0.15, 0.2) is 11.6 Å². The van der Waals surface area contributed by atoms with Gasteiger partial charge in [-0.1, -0.05) is 6.07 Å². The van der Waals surface area contributed by atoms with Gasteiger partial charge in [-0.15, -0.1) is 0 Å². The molecule has 6 nitrogen and oxygen atoms in total. The zero-order valence-electron chi connectivity index (χ0n) is 14.7. The number of halogens is 3. The van der Waals surface area contributed by atoms with E-state index in [0.717, 1.165) is 18.2 Å². The third-order valence-corrected chi connectivity index (χ3v) is 6.23. The number of nitrogens with zero attached hydrogens (tertiary/aromatic N) is 2. The molecule has 1 aliphatic rings. The molecule has 0 bridgehead atoms. The number of benzene rings is 2. The van der Waals surface area contributed by atoms with Crippen LogP contribution in [-0.4, -0.2) is 56.3 Å². The van der Waals surface area contributed by atoms with Crippen LogP contribution in [0, 0.1) is 17.5 Å². The number of rotatable bonds is 5. The minimum atomic E-state index is -3.80. The number of hydrogen-bond donors (Lipinski definition) is 1. The molecule has 0 saturated carbocycles. The molecular weight excluding hydrogens is 395 g/mol. The fraction of sp³-hybridized carbons (Fsp3) is 0.278. The van der Waals surface area contributed by atoms with Crippen LogP contribution in [0.3, 0.4) is 0 Å². The van der Waals surface area contributed by atoms with Crippen LogP contribution < -0.4 is 5.32 Å². The summed E-state index contributed by atoms with van der Waals surface area (Å²) in [5.74, 6) is -3.12. The Bertz CT molecular complexity index is 977. The van der Waals surface area contributed by atoms with Crippen molar-refractivity contribution in [3.63, 3.8) is 0 Å². The second-order valence-electron chi connectivity index (χ2n) is 6.31. The standard InChI is InChI=1S/C18H18F3N3O3S/c19-13-2-1-3-15(10-13)28(26,27)24-8-6-23(7-9-24)12-18(25)22-14-4-5-16(20)17(21)11-14/h1-5,10-11H,6-9,12H2,(H,22,25). The molecule has 1 N–H and O–H groups in total. The maximum absolute atomic E-state index is 13.3. The molecule has 10 heteroatoms. The first-order chi connectivity index (χ1) is 13.3. The zero-order valence-corrected chi connectivity index (χ0v) is 15.6. The highest BCUT2D eigenvalue weighted by Gasteiger charge is 2.29. The lowest BCUT2D eigenvalue weighted by Gasteiger charge is -2.33. The van der Waals surface area contributed by atoms with E-state index in [0.29, 0.717) is 13.1 Å². The van der Waals surface area contributed by atoms with Gasteiger partial charge in [0.25, 0.3) is 0 Å². The fourth-order valence-electron chi connectivity index (χ4n) is 2.88. The number of hydrogen-bond acceptors (Lipinski definition) is 4. The summed E-state index contributed by atoms with van der Waals surface area (Å²) >= 11 is 0. The number of nitrogens with one attached hydrogen (secondary N) is 1. The Labute approximate surface area is 160 Å². The minimum absolute atomic E-state index is 0.0210. The van der Waals surface area contributed by atoms with Crippen molar-refractivity contribution >= 4 is 21.6 Å². The maximum Gasteiger partial charge on any atom is 0.243 e. The normalized spacial score (nSPS) is 16.1. The van der Waals surface area contributed by atoms with Gasteiger partial charge in [0, 0.05) is 37.9 Å². The smallest absolute Gasteiger partial charge is 0.243 e. The van der Waals surface area contributed by atoms with Gasteiger partial charge < -0.3 is 5.32 Å². The monoisotopic (exact) mass is 413 g/mol. The van der Waals surface area contributed by atoms with E-state index >= 15 is 0 Å². The number of carbonyl (C=O) groups is 1. The Hall–Kier alpha value is -2.43. The van der Waals surface area contributed by atoms with E-state index in [9.17, 15) is 26.4 Å². The third-order valence-electron chi connectivity index (χ3n) is 4.34. The van der Waals surface area contributed by atoms with E-state index in [2.05, 4.69) is 5.32 Å². The predicted octanol–water partition coefficient (Wildman–Crippen LogP) is 2.05. The molecule has 150 valence electrons. The molecule has 0 aromatic heterocycles. The van der Waals surface area contributed by atoms with Crippen LogP contribution in [0.15, 0.2) is 47.4 Å². The highest BCUT2D eigenvalue weighted by molar-refractivity contribution is 7.89. The van der Waals surface area contributed by atoms with Gasteiger partial charge in [-0.2, -0.15) is 4.31 Å². The average molecular weight is 413 g/mol. The van der Waals surface area contributed by atoms with Crippen LogP contribution in [0.1, 0.15) is 0 Å². The number of sulfonamides is 1. The third kappa shape index (κ3) is 4.70. The SMILES string of the molecule is O=C(CN1CCN(S(=O)(=O)c2cccc(F)c2)CC1)Nc1ccc(F)c(F)c1. The highest BCUT2D eigenvalue weighted by Crippen LogP contribution is 2.18. The van der Waals surface area contributed by atoms with E-state index in [4.69, 9.17) is 0 Å². The van der Waals surface area contributed by atoms with Crippen molar-refractivity contribution in [1.82, 2.24) is 9.21 Å². The molecular formula is C18H18F3N3O3S. The summed E-state index contributed by atoms with van der Waals surface area (Å²) in [6.45, 7) is 0.890. The molecule has 28 heavy (non-hydrogen) atoms. The lowest BCUT2D eigenvalue weighted by Crippen LogP contribution is -2.50. The summed E-state index contributed by atoms with van der Waals surface area (Å²) < 4.78 is 65.8. The molecule has 1 fully saturated rings. The maximum atomic E-state index is 13.3. The van der Waals surface area contributed by atoms with Gasteiger partial charge >= 0.3 is 0 Å². The quantitative estimate of drug-likeness (QED) is 0.815. The Morgan fingerprint density at radius 3 is 2.32 bits per heavy atom. The first kappa shape index (κ1) is 20.3. The first-order valence-electron chi connectivity index (χ1n) is 8.49. The summed E-state index contributed by atoms with van der Waals surface area (Å²) in [6.07, 6.45) is 0. The molecule has 1 aliphatic heterocycles. The van der Waals surface area contributed by atoms with Crippen molar-refractivity contribution in [1.29, 1.82) is 0 Å². The van der Waals surface area contributed by atoms with Crippen molar-refractivity contribution in [2.24, 2.45) is 0 Å². The number of amides is 1. The fourth-order valence-corrected chi connectivity index (χ4v) is 4.34. The summed E-state index contributed by atoms with van der Waals surface area (Å²) in [5, 5.41) is 2.47. The molecule has 0 unspecified atom stereocenters. The summed E-state index contributed by atoms with van der Waals surface area (Å²) in [5.41, 5.74) is 0.135. The number of piperazine rings is 1. The average Bonchev–Trinajstić information content (AvgIpc) is 2.65. The molecule has 2 aromatic carbocycles. The Morgan fingerprint density at radius 1 is 0.964 bits per heavy atom. The van der Waals surface area contributed by atoms with Gasteiger partial charge in [0.2, 0.25) is 15.9 Å². The zero-order chi connectivity index (χ0) is 20.3. The molecule has 2 aromatic rings. The van der Waals surface area contributed by atoms with Gasteiger partial charge in [0.05, 0.1) is 11.4 Å². The van der Waals surface area contributed by atoms with Crippen molar-refractivity contribution in [3.05, 3.63) is 59.9 Å². The van der Waals surface area contributed by atoms with Crippen molar-refractivity contribution in [2.45, 2.75) is 4.90 Å². The number of anilines is 1. The summed E-state index contributed by atoms with van der Waals surface area (Å²) in [6, 6.07) is 7.86. The molecule has 0 spiro atoms. The van der Waals surface area contributed by atoms with Crippen molar-refractivity contribution in [3.8, 4) is 0 Å². The molecule has 0 radical (unpaired) electrons. The molecule has 3 rings (SSSR count). The molecule has 0 aliphatic carbocycles. The van der Waals surface area contributed by atoms with Crippen LogP contribution in [0.4, 0.5) is 18.9 Å². The Morgan fingerprint density at radius 2 is 1.68 bits per heavy atom. The van der Waals surface area contributed by atoms with E-state index in [1.165, 1.54) is 28.6 Å². The molecule has 1 heterocycles. The van der Waals surface area contributed by atoms with E-state index < -0.39 is 33.4 Å². The number of carbonyl (C=O) groups excluding carboxylic acids is 1. The predicted molar refractivity (Wildman–Crippen MR) is 96.6 cm³/mol. The summed E-state index contributed by atoms with van der Waals surface area (Å²) in [7, 11) is -3.80. The second kappa shape index (κ2) is 8.29. The second-order valence-corrected chi connectivity index (χ2v) is 8.25. The minimum Gasteiger partial charge on any atom is -0.325 e. The van der Waals surface area contributed by atoms with Gasteiger partial charge in [-0.25, -0.2) is 21.6 Å². The van der Waals surface area contributed by atoms with Gasteiger partial charge in [-0.05, 0) is 30.3 Å². The van der Waals surface area contributed by atoms with Gasteiger partial charge in [0.1, 0.15) is 5.82 Å². The highest BCUT2D eigenvalue weighted by atomic mass is 32.2. The summed E-state index contributed by atoms with van der Waals surface area (Å²) in [4.78, 5) is 13.7. The van der Waals surface area contributed by atoms with Gasteiger partial charge in [-0.3, -0.25) is 9.69 Å². The first-order valence-corrected chi connectivity index (χ1v) is 9.93. The largest absolute Gasteiger partial charge is 0.325 e. The van der Waals surface area contributed by atoms with E-state index in [-0.39, 0.29) is 30.2 Å².